The molecule has 4 nitrogen and oxygen atoms in total. The molecule has 0 bridgehead atoms. The molecule has 0 aliphatic heterocycles. The third-order valence-corrected chi connectivity index (χ3v) is 1.03. The van der Waals surface area contributed by atoms with E-state index in [-0.39, 0.29) is 0 Å². The lowest BCUT2D eigenvalue weighted by Gasteiger charge is -2.05. The van der Waals surface area contributed by atoms with Crippen molar-refractivity contribution in [2.24, 2.45) is 0 Å². The highest BCUT2D eigenvalue weighted by Crippen LogP contribution is 2.19. The second kappa shape index (κ2) is 3.46. The lowest BCUT2D eigenvalue weighted by molar-refractivity contribution is 0.274. The lowest BCUT2D eigenvalue weighted by atomic mass is 10.2. The van der Waals surface area contributed by atoms with E-state index in [9.17, 15) is 8.78 Å². The molecule has 0 aliphatic carbocycles. The third kappa shape index (κ3) is 1.89. The first kappa shape index (κ1) is 8.89. The Balaban J connectivity index is 2.96. The van der Waals surface area contributed by atoms with E-state index in [2.05, 4.69) is 9.64 Å². The van der Waals surface area contributed by atoms with Crippen LogP contribution in [-0.2, 0) is 0 Å². The minimum Gasteiger partial charge on any atom is -0.507 e. The summed E-state index contributed by atoms with van der Waals surface area (Å²) in [7, 11) is -2.25. The maximum absolute atomic E-state index is 12.6. The number of rotatable bonds is 2. The van der Waals surface area contributed by atoms with Crippen LogP contribution in [0.5, 0.6) is 5.75 Å². The second-order valence-electron chi connectivity index (χ2n) is 1.88. The summed E-state index contributed by atoms with van der Waals surface area (Å²) in [6, 6.07) is 0. The van der Waals surface area contributed by atoms with Gasteiger partial charge in [0.15, 0.2) is 17.4 Å². The highest BCUT2D eigenvalue weighted by Gasteiger charge is 2.18. The van der Waals surface area contributed by atoms with Crippen molar-refractivity contribution in [3.05, 3.63) is 24.0 Å². The van der Waals surface area contributed by atoms with E-state index >= 15 is 0 Å². The molecule has 12 heavy (non-hydrogen) atoms. The topological polar surface area (TPSA) is 62.6 Å². The largest absolute Gasteiger partial charge is 0.707 e. The minimum atomic E-state index is -2.25. The van der Waals surface area contributed by atoms with Crippen molar-refractivity contribution in [2.45, 2.75) is 0 Å². The Kier molecular flexibility index (Phi) is 2.56. The monoisotopic (exact) mass is 175 g/mol. The number of hydrogen-bond donors (Lipinski definition) is 2. The fourth-order valence-corrected chi connectivity index (χ4v) is 0.617. The van der Waals surface area contributed by atoms with E-state index < -0.39 is 24.7 Å². The van der Waals surface area contributed by atoms with Crippen molar-refractivity contribution >= 4 is 7.32 Å². The predicted octanol–water partition coefficient (Wildman–Crippen LogP) is -0.292. The SMILES string of the molecule is OB(O)Oc1c(F)cncc1F. The van der Waals surface area contributed by atoms with Gasteiger partial charge in [-0.2, -0.15) is 0 Å². The third-order valence-electron chi connectivity index (χ3n) is 1.03. The number of hydrogen-bond acceptors (Lipinski definition) is 4. The van der Waals surface area contributed by atoms with Crippen molar-refractivity contribution in [1.82, 2.24) is 4.98 Å². The molecular weight excluding hydrogens is 171 g/mol. The van der Waals surface area contributed by atoms with Crippen LogP contribution in [0, 0.1) is 11.6 Å². The van der Waals surface area contributed by atoms with Crippen molar-refractivity contribution in [2.75, 3.05) is 0 Å². The summed E-state index contributed by atoms with van der Waals surface area (Å²) in [6.45, 7) is 0. The van der Waals surface area contributed by atoms with Crippen LogP contribution >= 0.6 is 0 Å². The molecule has 0 fully saturated rings. The fraction of sp³-hybridized carbons (Fsp3) is 0. The Morgan fingerprint density at radius 2 is 1.75 bits per heavy atom. The van der Waals surface area contributed by atoms with Crippen molar-refractivity contribution in [3.63, 3.8) is 0 Å². The van der Waals surface area contributed by atoms with Crippen LogP contribution in [0.2, 0.25) is 0 Å². The molecule has 0 amide bonds. The van der Waals surface area contributed by atoms with Gasteiger partial charge in [0.1, 0.15) is 0 Å². The number of aromatic nitrogens is 1. The molecule has 1 rings (SSSR count). The average molecular weight is 175 g/mol. The Hall–Kier alpha value is -1.21. The van der Waals surface area contributed by atoms with Crippen molar-refractivity contribution < 1.29 is 23.5 Å². The van der Waals surface area contributed by atoms with Crippen LogP contribution in [0.15, 0.2) is 12.4 Å². The summed E-state index contributed by atoms with van der Waals surface area (Å²) < 4.78 is 29.1. The zero-order valence-electron chi connectivity index (χ0n) is 5.74. The molecule has 0 aromatic carbocycles. The highest BCUT2D eigenvalue weighted by atomic mass is 19.1. The van der Waals surface area contributed by atoms with Gasteiger partial charge in [-0.25, -0.2) is 8.78 Å². The van der Waals surface area contributed by atoms with Crippen LogP contribution in [0.25, 0.3) is 0 Å². The summed E-state index contributed by atoms with van der Waals surface area (Å²) in [5.74, 6) is -3.05. The van der Waals surface area contributed by atoms with E-state index in [1.54, 1.807) is 0 Å². The van der Waals surface area contributed by atoms with Gasteiger partial charge in [-0.1, -0.05) is 0 Å². The molecule has 0 saturated heterocycles. The first-order valence-corrected chi connectivity index (χ1v) is 2.93. The van der Waals surface area contributed by atoms with E-state index in [1.807, 2.05) is 0 Å². The van der Waals surface area contributed by atoms with Crippen molar-refractivity contribution in [3.8, 4) is 5.75 Å². The van der Waals surface area contributed by atoms with Crippen LogP contribution < -0.4 is 4.65 Å². The maximum Gasteiger partial charge on any atom is 0.707 e. The maximum atomic E-state index is 12.6. The van der Waals surface area contributed by atoms with Crippen LogP contribution in [-0.4, -0.2) is 22.4 Å². The van der Waals surface area contributed by atoms with Gasteiger partial charge in [0.2, 0.25) is 0 Å². The van der Waals surface area contributed by atoms with Gasteiger partial charge in [-0.3, -0.25) is 4.98 Å². The Morgan fingerprint density at radius 3 is 2.17 bits per heavy atom. The molecule has 1 aromatic heterocycles. The first-order valence-electron chi connectivity index (χ1n) is 2.93. The highest BCUT2D eigenvalue weighted by molar-refractivity contribution is 6.33. The molecule has 0 atom stereocenters. The Labute approximate surface area is 66.6 Å². The van der Waals surface area contributed by atoms with Gasteiger partial charge in [-0.15, -0.1) is 0 Å². The predicted molar refractivity (Wildman–Crippen MR) is 35.0 cm³/mol. The van der Waals surface area contributed by atoms with Gasteiger partial charge >= 0.3 is 7.32 Å². The molecular formula is C5H4BF2NO3. The summed E-state index contributed by atoms with van der Waals surface area (Å²) >= 11 is 0. The standard InChI is InChI=1S/C5H4BF2NO3/c7-3-1-9-2-4(8)5(3)12-6(10)11/h1-2,10-11H. The zero-order chi connectivity index (χ0) is 9.14. The van der Waals surface area contributed by atoms with Gasteiger partial charge in [-0.05, 0) is 0 Å². The molecule has 1 aromatic rings. The summed E-state index contributed by atoms with van der Waals surface area (Å²) in [4.78, 5) is 3.16. The summed E-state index contributed by atoms with van der Waals surface area (Å²) in [5, 5.41) is 16.5. The van der Waals surface area contributed by atoms with Crippen molar-refractivity contribution in [1.29, 1.82) is 0 Å². The van der Waals surface area contributed by atoms with Crippen LogP contribution in [0.4, 0.5) is 8.78 Å². The van der Waals surface area contributed by atoms with Gasteiger partial charge in [0, 0.05) is 0 Å². The van der Waals surface area contributed by atoms with E-state index in [4.69, 9.17) is 10.0 Å². The lowest BCUT2D eigenvalue weighted by Crippen LogP contribution is -2.22. The quantitative estimate of drug-likeness (QED) is 0.606. The molecule has 0 unspecified atom stereocenters. The smallest absolute Gasteiger partial charge is 0.507 e. The second-order valence-corrected chi connectivity index (χ2v) is 1.88. The van der Waals surface area contributed by atoms with E-state index in [1.165, 1.54) is 0 Å². The molecule has 0 saturated carbocycles. The minimum absolute atomic E-state index is 0.695. The fourth-order valence-electron chi connectivity index (χ4n) is 0.617. The van der Waals surface area contributed by atoms with Gasteiger partial charge in [0.25, 0.3) is 0 Å². The number of halogens is 2. The molecule has 7 heteroatoms. The van der Waals surface area contributed by atoms with Crippen LogP contribution in [0.1, 0.15) is 0 Å². The Morgan fingerprint density at radius 1 is 1.25 bits per heavy atom. The average Bonchev–Trinajstić information content (AvgIpc) is 1.97. The molecule has 0 aliphatic rings. The normalized spacial score (nSPS) is 9.67. The molecule has 0 spiro atoms. The number of pyridine rings is 1. The summed E-state index contributed by atoms with van der Waals surface area (Å²) in [6.07, 6.45) is 1.39. The van der Waals surface area contributed by atoms with Gasteiger partial charge in [0.05, 0.1) is 12.4 Å². The molecule has 64 valence electrons. The Bertz CT molecular complexity index is 263. The summed E-state index contributed by atoms with van der Waals surface area (Å²) in [5.41, 5.74) is 0. The van der Waals surface area contributed by atoms with E-state index in [0.29, 0.717) is 12.4 Å². The first-order chi connectivity index (χ1) is 5.61. The molecule has 0 radical (unpaired) electrons. The zero-order valence-corrected chi connectivity index (χ0v) is 5.74. The van der Waals surface area contributed by atoms with Crippen LogP contribution in [0.3, 0.4) is 0 Å². The molecule has 1 heterocycles. The van der Waals surface area contributed by atoms with Gasteiger partial charge < -0.3 is 14.7 Å². The number of nitrogens with zero attached hydrogens (tertiary/aromatic N) is 1. The van der Waals surface area contributed by atoms with E-state index in [0.717, 1.165) is 0 Å². The molecule has 2 N–H and O–H groups in total.